The first kappa shape index (κ1) is 27.2. The normalized spacial score (nSPS) is 27.1. The predicted octanol–water partition coefficient (Wildman–Crippen LogP) is 6.49. The highest BCUT2D eigenvalue weighted by atomic mass is 28.3. The van der Waals surface area contributed by atoms with Gasteiger partial charge in [0.05, 0.1) is 19.3 Å². The third-order valence-corrected chi connectivity index (χ3v) is 13.7. The summed E-state index contributed by atoms with van der Waals surface area (Å²) in [5.74, 6) is 0.113. The molecule has 0 radical (unpaired) electrons. The Morgan fingerprint density at radius 1 is 0.944 bits per heavy atom. The molecular formula is C30H44BNO3Si. The quantitative estimate of drug-likeness (QED) is 0.422. The van der Waals surface area contributed by atoms with Crippen LogP contribution >= 0.6 is 0 Å². The van der Waals surface area contributed by atoms with Crippen LogP contribution in [0, 0.1) is 0 Å². The highest BCUT2D eigenvalue weighted by Crippen LogP contribution is 2.58. The van der Waals surface area contributed by atoms with Crippen LogP contribution in [0.25, 0.3) is 0 Å². The summed E-state index contributed by atoms with van der Waals surface area (Å²) in [4.78, 5) is 15.5. The van der Waals surface area contributed by atoms with E-state index in [1.54, 1.807) is 6.92 Å². The molecule has 1 saturated heterocycles. The molecule has 0 spiro atoms. The molecule has 0 saturated carbocycles. The highest BCUT2D eigenvalue weighted by Gasteiger charge is 2.67. The summed E-state index contributed by atoms with van der Waals surface area (Å²) in [5, 5.41) is 0.972. The van der Waals surface area contributed by atoms with Crippen LogP contribution < -0.4 is 10.1 Å². The smallest absolute Gasteiger partial charge is 0.403 e. The Hall–Kier alpha value is -1.89. The van der Waals surface area contributed by atoms with Crippen LogP contribution in [0.1, 0.15) is 73.3 Å². The Balaban J connectivity index is 2.02. The minimum absolute atomic E-state index is 0.0725. The maximum Gasteiger partial charge on any atom is 0.469 e. The van der Waals surface area contributed by atoms with Crippen LogP contribution in [0.5, 0.6) is 0 Å². The SMILES string of the molecule is CCCC[C@@H]1[C@@H]([Si](C)(C)c2ccccc2)[C@](C)(B2OC(C)(C)C(C)(C)O2)c2ccccc2N1C(C)=O. The van der Waals surface area contributed by atoms with Gasteiger partial charge < -0.3 is 14.2 Å². The van der Waals surface area contributed by atoms with Crippen LogP contribution in [0.15, 0.2) is 54.6 Å². The molecule has 2 aliphatic rings. The van der Waals surface area contributed by atoms with E-state index >= 15 is 0 Å². The molecule has 0 aliphatic carbocycles. The van der Waals surface area contributed by atoms with Gasteiger partial charge in [-0.3, -0.25) is 4.79 Å². The molecule has 0 N–H and O–H groups in total. The van der Waals surface area contributed by atoms with E-state index in [1.807, 2.05) is 0 Å². The lowest BCUT2D eigenvalue weighted by molar-refractivity contribution is -0.117. The van der Waals surface area contributed by atoms with E-state index in [1.165, 1.54) is 5.19 Å². The minimum atomic E-state index is -2.20. The molecule has 0 bridgehead atoms. The van der Waals surface area contributed by atoms with E-state index in [0.717, 1.165) is 30.5 Å². The molecule has 0 aromatic heterocycles. The third kappa shape index (κ3) is 4.19. The van der Waals surface area contributed by atoms with Gasteiger partial charge in [-0.15, -0.1) is 0 Å². The van der Waals surface area contributed by atoms with Crippen molar-refractivity contribution in [3.8, 4) is 0 Å². The van der Waals surface area contributed by atoms with Crippen LogP contribution in [-0.4, -0.2) is 38.3 Å². The number of benzene rings is 2. The third-order valence-electron chi connectivity index (χ3n) is 9.34. The predicted molar refractivity (Wildman–Crippen MR) is 154 cm³/mol. The Morgan fingerprint density at radius 3 is 2.06 bits per heavy atom. The molecule has 6 heteroatoms. The van der Waals surface area contributed by atoms with Gasteiger partial charge in [-0.05, 0) is 51.3 Å². The summed E-state index contributed by atoms with van der Waals surface area (Å²) in [7, 11) is -2.61. The molecule has 36 heavy (non-hydrogen) atoms. The summed E-state index contributed by atoms with van der Waals surface area (Å²) in [5.41, 5.74) is 1.49. The summed E-state index contributed by atoms with van der Waals surface area (Å²) in [6.45, 7) is 19.8. The number of unbranched alkanes of at least 4 members (excludes halogenated alkanes) is 1. The van der Waals surface area contributed by atoms with Gasteiger partial charge in [-0.2, -0.15) is 0 Å². The summed E-state index contributed by atoms with van der Waals surface area (Å²) in [6, 6.07) is 19.5. The molecule has 3 atom stereocenters. The summed E-state index contributed by atoms with van der Waals surface area (Å²) >= 11 is 0. The highest BCUT2D eigenvalue weighted by molar-refractivity contribution is 6.92. The van der Waals surface area contributed by atoms with Crippen molar-refractivity contribution in [3.63, 3.8) is 0 Å². The van der Waals surface area contributed by atoms with E-state index in [9.17, 15) is 4.79 Å². The number of anilines is 1. The number of fused-ring (bicyclic) bond motifs is 1. The van der Waals surface area contributed by atoms with E-state index in [2.05, 4.69) is 114 Å². The Labute approximate surface area is 219 Å². The average molecular weight is 506 g/mol. The second-order valence-corrected chi connectivity index (χ2v) is 17.2. The number of carbonyl (C=O) groups excluding carboxylic acids is 1. The van der Waals surface area contributed by atoms with Gasteiger partial charge in [0.15, 0.2) is 0 Å². The van der Waals surface area contributed by atoms with Crippen LogP contribution in [0.4, 0.5) is 5.69 Å². The fourth-order valence-corrected chi connectivity index (χ4v) is 11.3. The fraction of sp³-hybridized carbons (Fsp3) is 0.567. The summed E-state index contributed by atoms with van der Waals surface area (Å²) in [6.07, 6.45) is 3.14. The van der Waals surface area contributed by atoms with E-state index in [-0.39, 0.29) is 17.5 Å². The van der Waals surface area contributed by atoms with Crippen LogP contribution in [0.2, 0.25) is 18.6 Å². The molecule has 2 heterocycles. The molecule has 1 amide bonds. The largest absolute Gasteiger partial charge is 0.469 e. The number of nitrogens with zero attached hydrogens (tertiary/aromatic N) is 1. The van der Waals surface area contributed by atoms with Gasteiger partial charge in [-0.25, -0.2) is 0 Å². The molecule has 2 aromatic rings. The number of para-hydroxylation sites is 1. The fourth-order valence-electron chi connectivity index (χ4n) is 6.79. The first-order chi connectivity index (χ1) is 16.8. The Bertz CT molecular complexity index is 1090. The van der Waals surface area contributed by atoms with Gasteiger partial charge in [0.25, 0.3) is 0 Å². The Morgan fingerprint density at radius 2 is 1.50 bits per heavy atom. The van der Waals surface area contributed by atoms with E-state index in [4.69, 9.17) is 9.31 Å². The lowest BCUT2D eigenvalue weighted by Gasteiger charge is -2.57. The maximum absolute atomic E-state index is 13.4. The number of carbonyl (C=O) groups is 1. The number of rotatable bonds is 6. The Kier molecular flexibility index (Phi) is 7.13. The molecule has 4 nitrogen and oxygen atoms in total. The topological polar surface area (TPSA) is 38.8 Å². The van der Waals surface area contributed by atoms with E-state index in [0.29, 0.717) is 0 Å². The maximum atomic E-state index is 13.4. The molecule has 2 aliphatic heterocycles. The number of hydrogen-bond acceptors (Lipinski definition) is 3. The van der Waals surface area contributed by atoms with Crippen LogP contribution in [-0.2, 0) is 19.4 Å². The molecule has 194 valence electrons. The number of hydrogen-bond donors (Lipinski definition) is 0. The van der Waals surface area contributed by atoms with Gasteiger partial charge in [0.2, 0.25) is 5.91 Å². The summed E-state index contributed by atoms with van der Waals surface area (Å²) < 4.78 is 13.7. The molecule has 1 fully saturated rings. The first-order valence-corrected chi connectivity index (χ1v) is 16.7. The van der Waals surface area contributed by atoms with Gasteiger partial charge >= 0.3 is 7.12 Å². The first-order valence-electron chi connectivity index (χ1n) is 13.6. The molecule has 2 aromatic carbocycles. The van der Waals surface area contributed by atoms with Crippen molar-refractivity contribution in [2.45, 2.75) is 109 Å². The molecule has 4 rings (SSSR count). The van der Waals surface area contributed by atoms with E-state index < -0.39 is 31.7 Å². The van der Waals surface area contributed by atoms with Crippen molar-refractivity contribution in [2.24, 2.45) is 0 Å². The average Bonchev–Trinajstić information content (AvgIpc) is 3.05. The van der Waals surface area contributed by atoms with Gasteiger partial charge in [-0.1, -0.05) is 93.5 Å². The number of amides is 1. The lowest BCUT2D eigenvalue weighted by Crippen LogP contribution is -2.67. The lowest BCUT2D eigenvalue weighted by atomic mass is 9.50. The van der Waals surface area contributed by atoms with Crippen molar-refractivity contribution in [3.05, 3.63) is 60.2 Å². The molecule has 0 unspecified atom stereocenters. The molecular weight excluding hydrogens is 461 g/mol. The monoisotopic (exact) mass is 505 g/mol. The zero-order valence-electron chi connectivity index (χ0n) is 23.7. The van der Waals surface area contributed by atoms with Crippen LogP contribution in [0.3, 0.4) is 0 Å². The van der Waals surface area contributed by atoms with Crippen molar-refractivity contribution >= 4 is 32.0 Å². The standard InChI is InChI=1S/C30H44BNO3Si/c1-10-11-20-26-27(36(8,9)23-17-13-12-14-18-23)30(7,31-34-28(3,4)29(5,6)35-31)24-19-15-16-21-25(24)32(26)22(2)33/h12-19,21,26-27H,10-11,20H2,1-9H3/t26-,27-,30-/m1/s1. The minimum Gasteiger partial charge on any atom is -0.403 e. The van der Waals surface area contributed by atoms with Crippen molar-refractivity contribution in [2.75, 3.05) is 4.90 Å². The zero-order chi connectivity index (χ0) is 26.5. The second-order valence-electron chi connectivity index (χ2n) is 12.6. The van der Waals surface area contributed by atoms with Gasteiger partial charge in [0.1, 0.15) is 0 Å². The van der Waals surface area contributed by atoms with Gasteiger partial charge in [0, 0.05) is 24.0 Å². The zero-order valence-corrected chi connectivity index (χ0v) is 24.7. The second kappa shape index (κ2) is 9.45. The van der Waals surface area contributed by atoms with Crippen molar-refractivity contribution in [1.29, 1.82) is 0 Å². The van der Waals surface area contributed by atoms with Crippen molar-refractivity contribution < 1.29 is 14.1 Å². The van der Waals surface area contributed by atoms with Crippen molar-refractivity contribution in [1.82, 2.24) is 0 Å².